The van der Waals surface area contributed by atoms with Crippen molar-refractivity contribution in [2.24, 2.45) is 0 Å². The second-order valence-corrected chi connectivity index (χ2v) is 5.16. The molecule has 94 valence electrons. The minimum Gasteiger partial charge on any atom is -0.497 e. The summed E-state index contributed by atoms with van der Waals surface area (Å²) >= 11 is 8.27. The Morgan fingerprint density at radius 3 is 2.33 bits per heavy atom. The van der Waals surface area contributed by atoms with E-state index < -0.39 is 0 Å². The zero-order valence-electron chi connectivity index (χ0n) is 10.4. The predicted octanol–water partition coefficient (Wildman–Crippen LogP) is 4.75. The Labute approximate surface area is 117 Å². The fourth-order valence-corrected chi connectivity index (χ4v) is 2.86. The van der Waals surface area contributed by atoms with Crippen LogP contribution in [0.15, 0.2) is 53.4 Å². The van der Waals surface area contributed by atoms with Crippen LogP contribution >= 0.6 is 23.4 Å². The van der Waals surface area contributed by atoms with Crippen molar-refractivity contribution in [1.82, 2.24) is 0 Å². The molecule has 0 aliphatic carbocycles. The molecule has 2 rings (SSSR count). The van der Waals surface area contributed by atoms with Crippen LogP contribution in [0.4, 0.5) is 0 Å². The summed E-state index contributed by atoms with van der Waals surface area (Å²) in [4.78, 5) is 1.22. The van der Waals surface area contributed by atoms with Crippen LogP contribution < -0.4 is 4.74 Å². The molecule has 2 aromatic carbocycles. The Morgan fingerprint density at radius 1 is 1.06 bits per heavy atom. The molecule has 0 saturated carbocycles. The van der Waals surface area contributed by atoms with E-state index in [-0.39, 0.29) is 5.38 Å². The third kappa shape index (κ3) is 2.82. The highest BCUT2D eigenvalue weighted by molar-refractivity contribution is 7.98. The SMILES string of the molecule is COc1ccc(C(Cl)c2ccccc2SC)cc1. The summed E-state index contributed by atoms with van der Waals surface area (Å²) in [5.41, 5.74) is 2.23. The van der Waals surface area contributed by atoms with Gasteiger partial charge in [-0.05, 0) is 35.6 Å². The van der Waals surface area contributed by atoms with Gasteiger partial charge in [-0.3, -0.25) is 0 Å². The third-order valence-electron chi connectivity index (χ3n) is 2.82. The summed E-state index contributed by atoms with van der Waals surface area (Å²) in [5.74, 6) is 0.848. The van der Waals surface area contributed by atoms with Crippen molar-refractivity contribution in [1.29, 1.82) is 0 Å². The molecule has 0 radical (unpaired) electrons. The van der Waals surface area contributed by atoms with E-state index in [1.165, 1.54) is 4.90 Å². The number of alkyl halides is 1. The van der Waals surface area contributed by atoms with Crippen LogP contribution in [0.25, 0.3) is 0 Å². The highest BCUT2D eigenvalue weighted by atomic mass is 35.5. The van der Waals surface area contributed by atoms with Crippen molar-refractivity contribution in [2.75, 3.05) is 13.4 Å². The van der Waals surface area contributed by atoms with Gasteiger partial charge in [0.15, 0.2) is 0 Å². The Balaban J connectivity index is 2.31. The number of halogens is 1. The van der Waals surface area contributed by atoms with Gasteiger partial charge in [0.2, 0.25) is 0 Å². The molecule has 0 amide bonds. The van der Waals surface area contributed by atoms with Crippen molar-refractivity contribution in [3.05, 3.63) is 59.7 Å². The molecule has 0 heterocycles. The van der Waals surface area contributed by atoms with Gasteiger partial charge in [-0.1, -0.05) is 30.3 Å². The van der Waals surface area contributed by atoms with Gasteiger partial charge in [0.25, 0.3) is 0 Å². The standard InChI is InChI=1S/C15H15ClOS/c1-17-12-9-7-11(8-10-12)15(16)13-5-3-4-6-14(13)18-2/h3-10,15H,1-2H3. The number of rotatable bonds is 4. The lowest BCUT2D eigenvalue weighted by atomic mass is 10.0. The van der Waals surface area contributed by atoms with Crippen LogP contribution in [0, 0.1) is 0 Å². The van der Waals surface area contributed by atoms with Gasteiger partial charge in [0.05, 0.1) is 12.5 Å². The van der Waals surface area contributed by atoms with Gasteiger partial charge in [-0.25, -0.2) is 0 Å². The lowest BCUT2D eigenvalue weighted by Gasteiger charge is -2.14. The van der Waals surface area contributed by atoms with Gasteiger partial charge in [-0.2, -0.15) is 0 Å². The summed E-state index contributed by atoms with van der Waals surface area (Å²) in [7, 11) is 1.66. The van der Waals surface area contributed by atoms with Crippen molar-refractivity contribution >= 4 is 23.4 Å². The van der Waals surface area contributed by atoms with Crippen molar-refractivity contribution in [2.45, 2.75) is 10.3 Å². The van der Waals surface area contributed by atoms with E-state index in [9.17, 15) is 0 Å². The Morgan fingerprint density at radius 2 is 1.72 bits per heavy atom. The normalized spacial score (nSPS) is 12.2. The summed E-state index contributed by atoms with van der Waals surface area (Å²) in [6.07, 6.45) is 2.07. The molecule has 0 N–H and O–H groups in total. The third-order valence-corrected chi connectivity index (χ3v) is 4.12. The summed E-state index contributed by atoms with van der Waals surface area (Å²) in [5, 5.41) is -0.125. The van der Waals surface area contributed by atoms with Crippen LogP contribution in [-0.2, 0) is 0 Å². The number of methoxy groups -OCH3 is 1. The Bertz CT molecular complexity index is 510. The van der Waals surface area contributed by atoms with E-state index in [2.05, 4.69) is 18.4 Å². The minimum atomic E-state index is -0.125. The molecule has 2 aromatic rings. The van der Waals surface area contributed by atoms with Crippen LogP contribution in [0.3, 0.4) is 0 Å². The number of thioether (sulfide) groups is 1. The smallest absolute Gasteiger partial charge is 0.118 e. The molecule has 0 saturated heterocycles. The fraction of sp³-hybridized carbons (Fsp3) is 0.200. The maximum atomic E-state index is 6.56. The summed E-state index contributed by atoms with van der Waals surface area (Å²) in [6.45, 7) is 0. The van der Waals surface area contributed by atoms with Gasteiger partial charge in [-0.15, -0.1) is 23.4 Å². The zero-order chi connectivity index (χ0) is 13.0. The average Bonchev–Trinajstić information content (AvgIpc) is 2.46. The second kappa shape index (κ2) is 6.17. The number of ether oxygens (including phenoxy) is 1. The minimum absolute atomic E-state index is 0.125. The van der Waals surface area contributed by atoms with E-state index in [1.807, 2.05) is 36.4 Å². The molecule has 0 spiro atoms. The molecule has 0 aromatic heterocycles. The van der Waals surface area contributed by atoms with Gasteiger partial charge >= 0.3 is 0 Å². The van der Waals surface area contributed by atoms with Crippen LogP contribution in [-0.4, -0.2) is 13.4 Å². The topological polar surface area (TPSA) is 9.23 Å². The number of hydrogen-bond donors (Lipinski definition) is 0. The average molecular weight is 279 g/mol. The largest absolute Gasteiger partial charge is 0.497 e. The Hall–Kier alpha value is -1.12. The first-order valence-electron chi connectivity index (χ1n) is 5.67. The molecular weight excluding hydrogens is 264 g/mol. The van der Waals surface area contributed by atoms with E-state index in [1.54, 1.807) is 18.9 Å². The maximum absolute atomic E-state index is 6.56. The van der Waals surface area contributed by atoms with Crippen LogP contribution in [0.1, 0.15) is 16.5 Å². The van der Waals surface area contributed by atoms with E-state index >= 15 is 0 Å². The molecule has 3 heteroatoms. The van der Waals surface area contributed by atoms with Crippen LogP contribution in [0.5, 0.6) is 5.75 Å². The summed E-state index contributed by atoms with van der Waals surface area (Å²) in [6, 6.07) is 16.1. The molecule has 0 aliphatic rings. The van der Waals surface area contributed by atoms with Crippen molar-refractivity contribution < 1.29 is 4.74 Å². The van der Waals surface area contributed by atoms with Crippen molar-refractivity contribution in [3.8, 4) is 5.75 Å². The van der Waals surface area contributed by atoms with Gasteiger partial charge < -0.3 is 4.74 Å². The molecule has 1 nitrogen and oxygen atoms in total. The fourth-order valence-electron chi connectivity index (χ4n) is 1.83. The van der Waals surface area contributed by atoms with Crippen LogP contribution in [0.2, 0.25) is 0 Å². The quantitative estimate of drug-likeness (QED) is 0.590. The Kier molecular flexibility index (Phi) is 4.56. The number of benzene rings is 2. The van der Waals surface area contributed by atoms with Gasteiger partial charge in [0.1, 0.15) is 5.75 Å². The van der Waals surface area contributed by atoms with E-state index in [0.717, 1.165) is 16.9 Å². The lowest BCUT2D eigenvalue weighted by molar-refractivity contribution is 0.414. The predicted molar refractivity (Wildman–Crippen MR) is 78.9 cm³/mol. The molecule has 1 atom stereocenters. The first-order chi connectivity index (χ1) is 8.76. The van der Waals surface area contributed by atoms with Crippen molar-refractivity contribution in [3.63, 3.8) is 0 Å². The molecular formula is C15H15ClOS. The van der Waals surface area contributed by atoms with Gasteiger partial charge in [0, 0.05) is 4.90 Å². The summed E-state index contributed by atoms with van der Waals surface area (Å²) < 4.78 is 5.15. The van der Waals surface area contributed by atoms with E-state index in [4.69, 9.17) is 16.3 Å². The molecule has 0 fully saturated rings. The lowest BCUT2D eigenvalue weighted by Crippen LogP contribution is -1.95. The molecule has 1 unspecified atom stereocenters. The maximum Gasteiger partial charge on any atom is 0.118 e. The highest BCUT2D eigenvalue weighted by Crippen LogP contribution is 2.35. The molecule has 18 heavy (non-hydrogen) atoms. The highest BCUT2D eigenvalue weighted by Gasteiger charge is 2.14. The molecule has 0 bridgehead atoms. The monoisotopic (exact) mass is 278 g/mol. The molecule has 0 aliphatic heterocycles. The van der Waals surface area contributed by atoms with E-state index in [0.29, 0.717) is 0 Å². The first-order valence-corrected chi connectivity index (χ1v) is 7.33. The first kappa shape index (κ1) is 13.3. The number of hydrogen-bond acceptors (Lipinski definition) is 2. The second-order valence-electron chi connectivity index (χ2n) is 3.88. The zero-order valence-corrected chi connectivity index (χ0v) is 12.0.